The molecule has 4 nitrogen and oxygen atoms in total. The fourth-order valence-electron chi connectivity index (χ4n) is 3.42. The molecule has 3 N–H and O–H groups in total. The number of aryl methyl sites for hydroxylation is 2. The molecular formula is C18H13FINO3. The molecule has 4 rings (SSSR count). The molecule has 2 aromatic carbocycles. The summed E-state index contributed by atoms with van der Waals surface area (Å²) in [6.45, 7) is 0. The van der Waals surface area contributed by atoms with Crippen molar-refractivity contribution < 1.29 is 19.4 Å². The Kier molecular flexibility index (Phi) is 3.52. The van der Waals surface area contributed by atoms with Crippen LogP contribution in [0.1, 0.15) is 27.0 Å². The van der Waals surface area contributed by atoms with Crippen LogP contribution in [0.5, 0.6) is 5.75 Å². The van der Waals surface area contributed by atoms with Crippen molar-refractivity contribution in [2.45, 2.75) is 17.3 Å². The number of hydrogen-bond acceptors (Lipinski definition) is 2. The van der Waals surface area contributed by atoms with Gasteiger partial charge in [0.1, 0.15) is 11.3 Å². The van der Waals surface area contributed by atoms with Gasteiger partial charge in [-0.2, -0.15) is 0 Å². The molecule has 1 heterocycles. The normalized spacial score (nSPS) is 12.9. The third-order valence-corrected chi connectivity index (χ3v) is 5.43. The lowest BCUT2D eigenvalue weighted by atomic mass is 9.87. The van der Waals surface area contributed by atoms with E-state index >= 15 is 0 Å². The summed E-state index contributed by atoms with van der Waals surface area (Å²) in [5.74, 6) is -1.68. The van der Waals surface area contributed by atoms with Crippen molar-refractivity contribution in [3.05, 3.63) is 52.3 Å². The summed E-state index contributed by atoms with van der Waals surface area (Å²) >= 11 is 2.13. The first-order chi connectivity index (χ1) is 11.5. The molecule has 0 radical (unpaired) electrons. The zero-order valence-electron chi connectivity index (χ0n) is 12.5. The van der Waals surface area contributed by atoms with E-state index < -0.39 is 5.97 Å². The number of benzene rings is 2. The molecular weight excluding hydrogens is 424 g/mol. The highest BCUT2D eigenvalue weighted by Crippen LogP contribution is 2.41. The second-order valence-corrected chi connectivity index (χ2v) is 6.67. The van der Waals surface area contributed by atoms with Crippen LogP contribution in [0.25, 0.3) is 22.2 Å². The van der Waals surface area contributed by atoms with E-state index in [1.54, 1.807) is 6.07 Å². The first-order valence-electron chi connectivity index (χ1n) is 7.48. The van der Waals surface area contributed by atoms with Crippen LogP contribution in [0.4, 0.5) is 4.39 Å². The van der Waals surface area contributed by atoms with E-state index in [4.69, 9.17) is 5.11 Å². The summed E-state index contributed by atoms with van der Waals surface area (Å²) in [6.07, 6.45) is 1.36. The molecule has 24 heavy (non-hydrogen) atoms. The largest absolute Gasteiger partial charge is 0.507 e. The number of hydrogen-bond donors (Lipinski definition) is 3. The quantitative estimate of drug-likeness (QED) is 0.411. The number of alkyl halides is 1. The van der Waals surface area contributed by atoms with Gasteiger partial charge in [-0.1, -0.05) is 34.7 Å². The molecule has 0 aliphatic heterocycles. The van der Waals surface area contributed by atoms with Crippen molar-refractivity contribution in [2.75, 3.05) is 0 Å². The third kappa shape index (κ3) is 2.12. The number of carboxylic acid groups (broad SMARTS) is 1. The first kappa shape index (κ1) is 15.4. The molecule has 0 saturated carbocycles. The average Bonchev–Trinajstić information content (AvgIpc) is 2.94. The highest BCUT2D eigenvalue weighted by Gasteiger charge is 2.25. The zero-order valence-corrected chi connectivity index (χ0v) is 14.6. The number of nitrogens with one attached hydrogen (secondary N) is 1. The Bertz CT molecular complexity index is 1010. The van der Waals surface area contributed by atoms with Gasteiger partial charge >= 0.3 is 5.97 Å². The summed E-state index contributed by atoms with van der Waals surface area (Å²) in [5, 5.41) is 20.0. The molecule has 0 saturated heterocycles. The maximum Gasteiger partial charge on any atom is 0.339 e. The number of aromatic hydroxyl groups is 1. The molecule has 0 fully saturated rings. The molecule has 0 unspecified atom stereocenters. The van der Waals surface area contributed by atoms with Crippen LogP contribution >= 0.6 is 22.6 Å². The van der Waals surface area contributed by atoms with Gasteiger partial charge in [0.2, 0.25) is 0 Å². The smallest absolute Gasteiger partial charge is 0.339 e. The predicted octanol–water partition coefficient (Wildman–Crippen LogP) is 4.41. The lowest BCUT2D eigenvalue weighted by molar-refractivity contribution is 0.0693. The fraction of sp³-hybridized carbons (Fsp3) is 0.167. The number of carboxylic acids is 1. The van der Waals surface area contributed by atoms with Crippen molar-refractivity contribution in [3.63, 3.8) is 0 Å². The number of aromatic nitrogens is 1. The van der Waals surface area contributed by atoms with Crippen LogP contribution in [0, 0.1) is 5.82 Å². The van der Waals surface area contributed by atoms with E-state index in [1.807, 2.05) is 6.07 Å². The Labute approximate surface area is 150 Å². The molecule has 122 valence electrons. The van der Waals surface area contributed by atoms with Crippen molar-refractivity contribution >= 4 is 39.5 Å². The van der Waals surface area contributed by atoms with Crippen LogP contribution in [0.3, 0.4) is 0 Å². The Morgan fingerprint density at radius 3 is 2.79 bits per heavy atom. The van der Waals surface area contributed by atoms with Gasteiger partial charge < -0.3 is 15.2 Å². The second kappa shape index (κ2) is 5.47. The number of halogens is 2. The van der Waals surface area contributed by atoms with E-state index in [0.717, 1.165) is 27.8 Å². The molecule has 0 bridgehead atoms. The van der Waals surface area contributed by atoms with E-state index in [2.05, 4.69) is 27.6 Å². The Morgan fingerprint density at radius 2 is 2.08 bits per heavy atom. The topological polar surface area (TPSA) is 73.3 Å². The second-order valence-electron chi connectivity index (χ2n) is 5.91. The van der Waals surface area contributed by atoms with Crippen molar-refractivity contribution in [2.24, 2.45) is 0 Å². The van der Waals surface area contributed by atoms with Crippen LogP contribution in [0.15, 0.2) is 24.3 Å². The summed E-state index contributed by atoms with van der Waals surface area (Å²) in [7, 11) is 0. The van der Waals surface area contributed by atoms with E-state index in [1.165, 1.54) is 12.1 Å². The standard InChI is InChI=1S/C18H13FINO3/c19-15-9(7-20)2-4-11-10-3-1-8-5-13(18(23)24)14(22)6-12(8)16(10)21-17(11)15/h2,4-6,21-22H,1,3,7H2,(H,23,24). The Balaban J connectivity index is 1.99. The Hall–Kier alpha value is -2.09. The van der Waals surface area contributed by atoms with Crippen molar-refractivity contribution in [1.82, 2.24) is 4.98 Å². The number of phenols is 1. The number of H-pyrrole nitrogens is 1. The van der Waals surface area contributed by atoms with Gasteiger partial charge in [-0.3, -0.25) is 0 Å². The molecule has 0 atom stereocenters. The fourth-order valence-corrected chi connectivity index (χ4v) is 4.01. The number of aromatic carboxylic acids is 1. The highest BCUT2D eigenvalue weighted by atomic mass is 127. The minimum Gasteiger partial charge on any atom is -0.507 e. The van der Waals surface area contributed by atoms with Crippen LogP contribution < -0.4 is 0 Å². The van der Waals surface area contributed by atoms with Gasteiger partial charge in [-0.15, -0.1) is 0 Å². The summed E-state index contributed by atoms with van der Waals surface area (Å²) in [6, 6.07) is 6.70. The summed E-state index contributed by atoms with van der Waals surface area (Å²) < 4.78 is 15.2. The van der Waals surface area contributed by atoms with Gasteiger partial charge in [0.05, 0.1) is 11.2 Å². The van der Waals surface area contributed by atoms with Gasteiger partial charge in [0, 0.05) is 15.4 Å². The van der Waals surface area contributed by atoms with E-state index in [0.29, 0.717) is 28.3 Å². The Morgan fingerprint density at radius 1 is 1.29 bits per heavy atom. The SMILES string of the molecule is O=C(O)c1cc2c(cc1O)-c1[nH]c3c(F)c(CI)ccc3c1CC2. The van der Waals surface area contributed by atoms with Gasteiger partial charge in [0.15, 0.2) is 5.82 Å². The van der Waals surface area contributed by atoms with E-state index in [-0.39, 0.29) is 17.1 Å². The molecule has 3 aromatic rings. The molecule has 0 amide bonds. The monoisotopic (exact) mass is 437 g/mol. The van der Waals surface area contributed by atoms with Crippen LogP contribution in [-0.4, -0.2) is 21.2 Å². The van der Waals surface area contributed by atoms with Crippen LogP contribution in [0.2, 0.25) is 0 Å². The number of aromatic amines is 1. The summed E-state index contributed by atoms with van der Waals surface area (Å²) in [5.41, 5.74) is 4.38. The lowest BCUT2D eigenvalue weighted by Crippen LogP contribution is -2.06. The first-order valence-corrected chi connectivity index (χ1v) is 9.01. The molecule has 0 spiro atoms. The number of rotatable bonds is 2. The lowest BCUT2D eigenvalue weighted by Gasteiger charge is -2.18. The predicted molar refractivity (Wildman–Crippen MR) is 97.4 cm³/mol. The number of fused-ring (bicyclic) bond motifs is 5. The van der Waals surface area contributed by atoms with Crippen molar-refractivity contribution in [1.29, 1.82) is 0 Å². The summed E-state index contributed by atoms with van der Waals surface area (Å²) in [4.78, 5) is 14.3. The molecule has 1 aliphatic carbocycles. The maximum absolute atomic E-state index is 14.6. The van der Waals surface area contributed by atoms with Crippen molar-refractivity contribution in [3.8, 4) is 17.0 Å². The molecule has 1 aliphatic rings. The highest BCUT2D eigenvalue weighted by molar-refractivity contribution is 14.1. The van der Waals surface area contributed by atoms with Gasteiger partial charge in [-0.05, 0) is 41.7 Å². The van der Waals surface area contributed by atoms with Crippen LogP contribution in [-0.2, 0) is 17.3 Å². The number of carbonyl (C=O) groups is 1. The molecule has 1 aromatic heterocycles. The van der Waals surface area contributed by atoms with Gasteiger partial charge in [-0.25, -0.2) is 9.18 Å². The minimum atomic E-state index is -1.16. The minimum absolute atomic E-state index is 0.105. The van der Waals surface area contributed by atoms with E-state index in [9.17, 15) is 14.3 Å². The zero-order chi connectivity index (χ0) is 17.0. The molecule has 6 heteroatoms. The maximum atomic E-state index is 14.6. The average molecular weight is 437 g/mol. The van der Waals surface area contributed by atoms with Gasteiger partial charge in [0.25, 0.3) is 0 Å². The third-order valence-electron chi connectivity index (χ3n) is 4.61.